The Labute approximate surface area is 193 Å². The Kier molecular flexibility index (Phi) is 8.99. The van der Waals surface area contributed by atoms with Crippen LogP contribution >= 0.6 is 0 Å². The molecule has 0 aliphatic rings. The van der Waals surface area contributed by atoms with Crippen LogP contribution in [0.4, 0.5) is 15.3 Å². The number of nitrogens with one attached hydrogen (secondary N) is 2. The number of aliphatic imine (C=N–C) groups is 1. The molecule has 0 bridgehead atoms. The maximum Gasteiger partial charge on any atom is 0.414 e. The zero-order valence-electron chi connectivity index (χ0n) is 20.1. The van der Waals surface area contributed by atoms with Crippen molar-refractivity contribution >= 4 is 39.6 Å². The molecule has 0 atom stereocenters. The second-order valence-electron chi connectivity index (χ2n) is 9.12. The molecule has 0 fully saturated rings. The fourth-order valence-corrected chi connectivity index (χ4v) is 3.13. The number of carbonyl (C=O) groups excluding carboxylic acids is 3. The van der Waals surface area contributed by atoms with Crippen LogP contribution in [-0.2, 0) is 29.8 Å². The third-order valence-electron chi connectivity index (χ3n) is 3.40. The fraction of sp³-hybridized carbons (Fsp3) is 0.524. The Bertz CT molecular complexity index is 1000. The minimum absolute atomic E-state index is 0.00504. The van der Waals surface area contributed by atoms with Crippen LogP contribution in [0.5, 0.6) is 0 Å². The lowest BCUT2D eigenvalue weighted by Crippen LogP contribution is -2.47. The highest BCUT2D eigenvalue weighted by atomic mass is 32.2. The van der Waals surface area contributed by atoms with Gasteiger partial charge in [0.2, 0.25) is 5.96 Å². The second-order valence-corrected chi connectivity index (χ2v) is 11.3. The van der Waals surface area contributed by atoms with Gasteiger partial charge in [0.1, 0.15) is 11.2 Å². The highest BCUT2D eigenvalue weighted by Crippen LogP contribution is 2.24. The molecule has 0 spiro atoms. The van der Waals surface area contributed by atoms with Gasteiger partial charge in [-0.2, -0.15) is 0 Å². The van der Waals surface area contributed by atoms with Gasteiger partial charge in [-0.25, -0.2) is 27.8 Å². The zero-order chi connectivity index (χ0) is 25.6. The molecule has 1 aromatic rings. The molecule has 33 heavy (non-hydrogen) atoms. The van der Waals surface area contributed by atoms with E-state index < -0.39 is 50.9 Å². The standard InChI is InChI=1S/C21H31N3O8S/c1-20(2,3)31-18(26)23-17(24-19(27)32-21(4,5)6)22-15-11-13(16(25)30-7)9-10-14(15)12-33(8,28)29/h9-11H,12H2,1-8H3,(H2,22,23,24,26,27). The Hall–Kier alpha value is -3.15. The molecular weight excluding hydrogens is 454 g/mol. The Morgan fingerprint density at radius 3 is 1.82 bits per heavy atom. The first-order valence-corrected chi connectivity index (χ1v) is 11.9. The SMILES string of the molecule is COC(=O)c1ccc(CS(C)(=O)=O)c(N=C(NC(=O)OC(C)(C)C)NC(=O)OC(C)(C)C)c1. The fourth-order valence-electron chi connectivity index (χ4n) is 2.33. The molecule has 2 N–H and O–H groups in total. The molecule has 1 aromatic carbocycles. The van der Waals surface area contributed by atoms with Crippen LogP contribution in [0.3, 0.4) is 0 Å². The van der Waals surface area contributed by atoms with E-state index in [1.54, 1.807) is 41.5 Å². The van der Waals surface area contributed by atoms with Gasteiger partial charge >= 0.3 is 18.2 Å². The van der Waals surface area contributed by atoms with Gasteiger partial charge in [0.25, 0.3) is 0 Å². The highest BCUT2D eigenvalue weighted by molar-refractivity contribution is 7.89. The Morgan fingerprint density at radius 1 is 0.939 bits per heavy atom. The number of esters is 1. The average Bonchev–Trinajstić information content (AvgIpc) is 2.57. The maximum absolute atomic E-state index is 12.3. The molecule has 0 saturated carbocycles. The number of guanidine groups is 1. The molecule has 0 aliphatic heterocycles. The summed E-state index contributed by atoms with van der Waals surface area (Å²) in [4.78, 5) is 40.7. The van der Waals surface area contributed by atoms with Crippen LogP contribution in [0.15, 0.2) is 23.2 Å². The third kappa shape index (κ3) is 11.3. The van der Waals surface area contributed by atoms with Gasteiger partial charge in [-0.15, -0.1) is 0 Å². The van der Waals surface area contributed by atoms with E-state index in [0.717, 1.165) is 6.26 Å². The molecule has 12 heteroatoms. The van der Waals surface area contributed by atoms with Gasteiger partial charge in [0, 0.05) is 6.26 Å². The first kappa shape index (κ1) is 27.9. The van der Waals surface area contributed by atoms with Crippen molar-refractivity contribution in [2.24, 2.45) is 4.99 Å². The molecule has 0 aliphatic carbocycles. The van der Waals surface area contributed by atoms with Gasteiger partial charge in [-0.1, -0.05) is 6.07 Å². The Morgan fingerprint density at radius 2 is 1.42 bits per heavy atom. The van der Waals surface area contributed by atoms with Crippen LogP contribution in [0.25, 0.3) is 0 Å². The van der Waals surface area contributed by atoms with Crippen molar-refractivity contribution in [3.8, 4) is 0 Å². The van der Waals surface area contributed by atoms with Crippen LogP contribution in [0.1, 0.15) is 57.5 Å². The molecule has 0 saturated heterocycles. The van der Waals surface area contributed by atoms with Crippen molar-refractivity contribution < 1.29 is 37.0 Å². The van der Waals surface area contributed by atoms with Crippen molar-refractivity contribution in [3.05, 3.63) is 29.3 Å². The van der Waals surface area contributed by atoms with E-state index in [4.69, 9.17) is 14.2 Å². The topological polar surface area (TPSA) is 149 Å². The molecular formula is C21H31N3O8S. The number of carbonyl (C=O) groups is 3. The van der Waals surface area contributed by atoms with E-state index >= 15 is 0 Å². The largest absolute Gasteiger partial charge is 0.465 e. The average molecular weight is 486 g/mol. The molecule has 0 unspecified atom stereocenters. The maximum atomic E-state index is 12.3. The Balaban J connectivity index is 3.50. The van der Waals surface area contributed by atoms with Crippen LogP contribution in [0, 0.1) is 0 Å². The summed E-state index contributed by atoms with van der Waals surface area (Å²) < 4.78 is 38.8. The first-order chi connectivity index (χ1) is 14.9. The molecule has 0 radical (unpaired) electrons. The molecule has 0 heterocycles. The van der Waals surface area contributed by atoms with Crippen LogP contribution in [-0.4, -0.2) is 57.1 Å². The van der Waals surface area contributed by atoms with Gasteiger partial charge in [-0.3, -0.25) is 10.6 Å². The summed E-state index contributed by atoms with van der Waals surface area (Å²) in [5.41, 5.74) is -1.37. The van der Waals surface area contributed by atoms with Crippen molar-refractivity contribution in [2.45, 2.75) is 58.5 Å². The molecule has 11 nitrogen and oxygen atoms in total. The monoisotopic (exact) mass is 485 g/mol. The number of ether oxygens (including phenoxy) is 3. The number of hydrogen-bond acceptors (Lipinski definition) is 9. The lowest BCUT2D eigenvalue weighted by Gasteiger charge is -2.22. The van der Waals surface area contributed by atoms with Crippen LogP contribution in [0.2, 0.25) is 0 Å². The van der Waals surface area contributed by atoms with Gasteiger partial charge in [-0.05, 0) is 59.2 Å². The van der Waals surface area contributed by atoms with Gasteiger partial charge in [0.05, 0.1) is 24.1 Å². The van der Waals surface area contributed by atoms with Crippen molar-refractivity contribution in [1.29, 1.82) is 0 Å². The molecule has 0 aromatic heterocycles. The van der Waals surface area contributed by atoms with Crippen LogP contribution < -0.4 is 10.6 Å². The lowest BCUT2D eigenvalue weighted by atomic mass is 10.1. The lowest BCUT2D eigenvalue weighted by molar-refractivity contribution is 0.0541. The molecule has 184 valence electrons. The first-order valence-electron chi connectivity index (χ1n) is 9.86. The summed E-state index contributed by atoms with van der Waals surface area (Å²) in [6, 6.07) is 4.05. The number of hydrogen-bond donors (Lipinski definition) is 2. The van der Waals surface area contributed by atoms with E-state index in [9.17, 15) is 22.8 Å². The van der Waals surface area contributed by atoms with E-state index in [0.29, 0.717) is 0 Å². The summed E-state index contributed by atoms with van der Waals surface area (Å²) in [7, 11) is -2.29. The zero-order valence-corrected chi connectivity index (χ0v) is 20.9. The number of rotatable bonds is 4. The van der Waals surface area contributed by atoms with E-state index in [1.165, 1.54) is 25.3 Å². The van der Waals surface area contributed by atoms with Crippen molar-refractivity contribution in [2.75, 3.05) is 13.4 Å². The predicted octanol–water partition coefficient (Wildman–Crippen LogP) is 3.05. The quantitative estimate of drug-likeness (QED) is 0.286. The molecule has 2 amide bonds. The van der Waals surface area contributed by atoms with Gasteiger partial charge < -0.3 is 14.2 Å². The number of amides is 2. The summed E-state index contributed by atoms with van der Waals surface area (Å²) in [6.07, 6.45) is -0.815. The number of nitrogens with zero attached hydrogens (tertiary/aromatic N) is 1. The minimum Gasteiger partial charge on any atom is -0.465 e. The van der Waals surface area contributed by atoms with Crippen molar-refractivity contribution in [3.63, 3.8) is 0 Å². The second kappa shape index (κ2) is 10.6. The summed E-state index contributed by atoms with van der Waals surface area (Å²) in [6.45, 7) is 9.89. The number of benzene rings is 1. The van der Waals surface area contributed by atoms with Gasteiger partial charge in [0.15, 0.2) is 9.84 Å². The smallest absolute Gasteiger partial charge is 0.414 e. The minimum atomic E-state index is -3.48. The molecule has 1 rings (SSSR count). The van der Waals surface area contributed by atoms with E-state index in [-0.39, 0.29) is 16.8 Å². The van der Waals surface area contributed by atoms with E-state index in [1.807, 2.05) is 0 Å². The summed E-state index contributed by atoms with van der Waals surface area (Å²) in [5, 5.41) is 4.61. The van der Waals surface area contributed by atoms with E-state index in [2.05, 4.69) is 15.6 Å². The predicted molar refractivity (Wildman–Crippen MR) is 122 cm³/mol. The number of methoxy groups -OCH3 is 1. The summed E-state index contributed by atoms with van der Waals surface area (Å²) in [5.74, 6) is -1.48. The number of alkyl carbamates (subject to hydrolysis) is 2. The third-order valence-corrected chi connectivity index (χ3v) is 4.23. The van der Waals surface area contributed by atoms with Crippen molar-refractivity contribution in [1.82, 2.24) is 10.6 Å². The normalized spacial score (nSPS) is 11.8. The number of sulfone groups is 1. The highest BCUT2D eigenvalue weighted by Gasteiger charge is 2.22. The summed E-state index contributed by atoms with van der Waals surface area (Å²) >= 11 is 0.